The van der Waals surface area contributed by atoms with Gasteiger partial charge in [-0.2, -0.15) is 0 Å². The third-order valence-electron chi connectivity index (χ3n) is 4.78. The largest absolute Gasteiger partial charge is 2.00 e. The van der Waals surface area contributed by atoms with Crippen molar-refractivity contribution in [3.05, 3.63) is 90.6 Å². The predicted molar refractivity (Wildman–Crippen MR) is 131 cm³/mol. The summed E-state index contributed by atoms with van der Waals surface area (Å²) in [5.74, 6) is 0. The molecule has 3 rings (SSSR count). The fraction of sp³-hybridized carbons (Fsp3) is 0.296. The van der Waals surface area contributed by atoms with E-state index in [1.807, 2.05) is 48.8 Å². The quantitative estimate of drug-likeness (QED) is 0.233. The molecular weight excluding hydrogens is 422 g/mol. The van der Waals surface area contributed by atoms with Gasteiger partial charge < -0.3 is 12.4 Å². The van der Waals surface area contributed by atoms with Crippen LogP contribution in [0.5, 0.6) is 0 Å². The molecule has 164 valence electrons. The molecule has 0 fully saturated rings. The van der Waals surface area contributed by atoms with E-state index in [0.29, 0.717) is 0 Å². The van der Waals surface area contributed by atoms with E-state index < -0.39 is 0 Å². The number of rotatable bonds is 4. The molecule has 31 heavy (non-hydrogen) atoms. The van der Waals surface area contributed by atoms with Crippen molar-refractivity contribution in [2.75, 3.05) is 0 Å². The molecule has 3 nitrogen and oxygen atoms in total. The Kier molecular flexibility index (Phi) is 9.23. The minimum Gasteiger partial charge on any atom is -0.655 e. The summed E-state index contributed by atoms with van der Waals surface area (Å²) in [6.07, 6.45) is 3.65. The van der Waals surface area contributed by atoms with Gasteiger partial charge in [-0.25, -0.2) is 0 Å². The van der Waals surface area contributed by atoms with Gasteiger partial charge in [0, 0.05) is 12.4 Å². The summed E-state index contributed by atoms with van der Waals surface area (Å²) in [5.41, 5.74) is 6.18. The Balaban J connectivity index is 0.00000240. The van der Waals surface area contributed by atoms with E-state index in [-0.39, 0.29) is 35.3 Å². The maximum absolute atomic E-state index is 4.69. The molecule has 4 heteroatoms. The molecule has 0 saturated carbocycles. The molecule has 0 aliphatic carbocycles. The summed E-state index contributed by atoms with van der Waals surface area (Å²) in [7, 11) is 0. The molecule has 0 amide bonds. The second kappa shape index (κ2) is 10.7. The van der Waals surface area contributed by atoms with Gasteiger partial charge in [-0.15, -0.1) is 11.4 Å². The molecule has 0 N–H and O–H groups in total. The molecule has 0 aliphatic rings. The van der Waals surface area contributed by atoms with E-state index in [9.17, 15) is 0 Å². The summed E-state index contributed by atoms with van der Waals surface area (Å²) >= 11 is 0. The number of hydrogen-bond acceptors (Lipinski definition) is 2. The Bertz CT molecular complexity index is 949. The van der Waals surface area contributed by atoms with Gasteiger partial charge in [0.25, 0.3) is 0 Å². The van der Waals surface area contributed by atoms with Crippen molar-refractivity contribution in [1.82, 2.24) is 4.98 Å². The molecule has 0 unspecified atom stereocenters. The molecule has 1 aromatic heterocycles. The van der Waals surface area contributed by atoms with Crippen LogP contribution in [0, 0.1) is 7.43 Å². The molecule has 3 aromatic rings. The van der Waals surface area contributed by atoms with Crippen LogP contribution in [-0.2, 0) is 27.9 Å². The molecule has 2 aromatic carbocycles. The van der Waals surface area contributed by atoms with Crippen LogP contribution >= 0.6 is 0 Å². The summed E-state index contributed by atoms with van der Waals surface area (Å²) in [6.45, 7) is 13.2. The standard InChI is InChI=1S/C26H30N3.CH3.Fe/c1-25(2,3)21-11-7-9-13-23(21)27-17-19-15-16-20(29-19)18-28-24-14-10-8-12-22(24)26(4,5)6;;/h7-18H,1-6H3;1H3;/q2*-1;+2. The number of hydrogen-bond donors (Lipinski definition) is 0. The topological polar surface area (TPSA) is 38.8 Å². The number of nitrogens with zero attached hydrogens (tertiary/aromatic N) is 3. The third-order valence-corrected chi connectivity index (χ3v) is 4.78. The second-order valence-electron chi connectivity index (χ2n) is 9.35. The first kappa shape index (κ1) is 26.6. The van der Waals surface area contributed by atoms with Crippen LogP contribution in [0.15, 0.2) is 70.6 Å². The first-order chi connectivity index (χ1) is 13.6. The Morgan fingerprint density at radius 3 is 1.32 bits per heavy atom. The monoisotopic (exact) mass is 455 g/mol. The van der Waals surface area contributed by atoms with Crippen LogP contribution in [0.3, 0.4) is 0 Å². The predicted octanol–water partition coefficient (Wildman–Crippen LogP) is 7.19. The van der Waals surface area contributed by atoms with Gasteiger partial charge in [-0.1, -0.05) is 90.1 Å². The average Bonchev–Trinajstić information content (AvgIpc) is 3.11. The smallest absolute Gasteiger partial charge is 0.655 e. The number of aromatic nitrogens is 1. The zero-order valence-electron chi connectivity index (χ0n) is 19.6. The van der Waals surface area contributed by atoms with Gasteiger partial charge >= 0.3 is 17.1 Å². The Hall–Kier alpha value is -2.42. The summed E-state index contributed by atoms with van der Waals surface area (Å²) in [5, 5.41) is 0. The van der Waals surface area contributed by atoms with Crippen LogP contribution in [0.2, 0.25) is 0 Å². The maximum Gasteiger partial charge on any atom is 2.00 e. The fourth-order valence-corrected chi connectivity index (χ4v) is 3.25. The van der Waals surface area contributed by atoms with Gasteiger partial charge in [0.05, 0.1) is 11.4 Å². The van der Waals surface area contributed by atoms with Crippen LogP contribution in [0.4, 0.5) is 11.4 Å². The minimum atomic E-state index is 0. The molecule has 0 radical (unpaired) electrons. The van der Waals surface area contributed by atoms with E-state index in [4.69, 9.17) is 0 Å². The first-order valence-corrected chi connectivity index (χ1v) is 10.1. The summed E-state index contributed by atoms with van der Waals surface area (Å²) in [4.78, 5) is 14.0. The molecule has 0 bridgehead atoms. The zero-order chi connectivity index (χ0) is 21.1. The van der Waals surface area contributed by atoms with Crippen LogP contribution in [0.25, 0.3) is 0 Å². The summed E-state index contributed by atoms with van der Waals surface area (Å²) in [6, 6.07) is 20.5. The van der Waals surface area contributed by atoms with E-state index >= 15 is 0 Å². The third kappa shape index (κ3) is 7.05. The van der Waals surface area contributed by atoms with Gasteiger partial charge in [0.1, 0.15) is 0 Å². The second-order valence-corrected chi connectivity index (χ2v) is 9.35. The average molecular weight is 455 g/mol. The van der Waals surface area contributed by atoms with Crippen molar-refractivity contribution in [2.45, 2.75) is 52.4 Å². The van der Waals surface area contributed by atoms with E-state index in [0.717, 1.165) is 22.8 Å². The van der Waals surface area contributed by atoms with Crippen molar-refractivity contribution in [2.24, 2.45) is 9.98 Å². The molecular formula is C27H33FeN3. The zero-order valence-corrected chi connectivity index (χ0v) is 20.7. The first-order valence-electron chi connectivity index (χ1n) is 10.1. The van der Waals surface area contributed by atoms with Crippen LogP contribution in [-0.4, -0.2) is 12.4 Å². The van der Waals surface area contributed by atoms with Crippen molar-refractivity contribution < 1.29 is 17.1 Å². The number of aliphatic imine (C=N–C) groups is 2. The normalized spacial score (nSPS) is 12.1. The fourth-order valence-electron chi connectivity index (χ4n) is 3.25. The van der Waals surface area contributed by atoms with E-state index in [1.165, 1.54) is 11.1 Å². The Labute approximate surface area is 198 Å². The molecule has 1 heterocycles. The number of benzene rings is 2. The van der Waals surface area contributed by atoms with E-state index in [2.05, 4.69) is 80.8 Å². The van der Waals surface area contributed by atoms with Gasteiger partial charge in [-0.05, 0) is 34.1 Å². The Morgan fingerprint density at radius 2 is 0.968 bits per heavy atom. The van der Waals surface area contributed by atoms with Crippen molar-refractivity contribution in [3.63, 3.8) is 0 Å². The van der Waals surface area contributed by atoms with Gasteiger partial charge in [-0.3, -0.25) is 9.98 Å². The molecule has 0 spiro atoms. The van der Waals surface area contributed by atoms with E-state index in [1.54, 1.807) is 0 Å². The number of para-hydroxylation sites is 2. The summed E-state index contributed by atoms with van der Waals surface area (Å²) < 4.78 is 0. The SMILES string of the molecule is CC(C)(C)c1ccccc1N=Cc1ccc(C=Nc2ccccc2C(C)(C)C)[n-]1.[CH3-].[Fe+2]. The van der Waals surface area contributed by atoms with Crippen molar-refractivity contribution in [1.29, 1.82) is 0 Å². The minimum absolute atomic E-state index is 0. The maximum atomic E-state index is 4.69. The van der Waals surface area contributed by atoms with Gasteiger partial charge in [0.15, 0.2) is 0 Å². The molecule has 0 atom stereocenters. The van der Waals surface area contributed by atoms with Crippen molar-refractivity contribution in [3.8, 4) is 0 Å². The van der Waals surface area contributed by atoms with Gasteiger partial charge in [0.2, 0.25) is 0 Å². The van der Waals surface area contributed by atoms with Crippen LogP contribution in [0.1, 0.15) is 64.1 Å². The molecule has 0 saturated heterocycles. The van der Waals surface area contributed by atoms with Crippen LogP contribution < -0.4 is 4.98 Å². The molecule has 0 aliphatic heterocycles. The Morgan fingerprint density at radius 1 is 0.613 bits per heavy atom. The van der Waals surface area contributed by atoms with Crippen molar-refractivity contribution >= 4 is 23.8 Å².